The monoisotopic (exact) mass is 313 g/mol. The van der Waals surface area contributed by atoms with Crippen molar-refractivity contribution in [2.75, 3.05) is 7.11 Å². The lowest BCUT2D eigenvalue weighted by Crippen LogP contribution is -2.32. The fourth-order valence-electron chi connectivity index (χ4n) is 3.29. The molecule has 2 heteroatoms. The maximum atomic E-state index is 5.42. The van der Waals surface area contributed by atoms with Crippen LogP contribution in [0.1, 0.15) is 23.6 Å². The Morgan fingerprint density at radius 3 is 2.29 bits per heavy atom. The standard InChI is InChI=1S/C22H19NO/c1-24-18-12-13-21-20(14-18)19(16-8-4-2-5-9-16)15-22(23-21)17-10-6-3-7-11-17/h2-14,22H,15H2,1H3. The summed E-state index contributed by atoms with van der Waals surface area (Å²) in [6, 6.07) is 27.4. The minimum atomic E-state index is 0.155. The summed E-state index contributed by atoms with van der Waals surface area (Å²) in [7, 11) is 1.71. The first-order chi connectivity index (χ1) is 11.8. The van der Waals surface area contributed by atoms with Gasteiger partial charge in [-0.25, -0.2) is 0 Å². The van der Waals surface area contributed by atoms with Gasteiger partial charge in [-0.2, -0.15) is 0 Å². The Hall–Kier alpha value is -2.87. The molecule has 3 aromatic rings. The third kappa shape index (κ3) is 2.71. The second-order valence-electron chi connectivity index (χ2n) is 5.99. The predicted molar refractivity (Wildman–Crippen MR) is 96.5 cm³/mol. The van der Waals surface area contributed by atoms with Gasteiger partial charge in [-0.3, -0.25) is 4.99 Å². The van der Waals surface area contributed by atoms with E-state index in [2.05, 4.69) is 66.7 Å². The van der Waals surface area contributed by atoms with Gasteiger partial charge in [0.05, 0.1) is 18.5 Å². The molecule has 0 bridgehead atoms. The molecule has 1 aliphatic rings. The number of nitrogens with zero attached hydrogens (tertiary/aromatic N) is 1. The molecule has 0 amide bonds. The van der Waals surface area contributed by atoms with Crippen LogP contribution in [0.25, 0.3) is 5.57 Å². The first kappa shape index (κ1) is 14.7. The zero-order valence-corrected chi connectivity index (χ0v) is 13.6. The summed E-state index contributed by atoms with van der Waals surface area (Å²) < 4.78 is 5.42. The first-order valence-electron chi connectivity index (χ1n) is 8.20. The van der Waals surface area contributed by atoms with Crippen molar-refractivity contribution in [1.29, 1.82) is 0 Å². The summed E-state index contributed by atoms with van der Waals surface area (Å²) in [6.45, 7) is 0. The molecule has 0 spiro atoms. The highest BCUT2D eigenvalue weighted by atomic mass is 16.5. The lowest BCUT2D eigenvalue weighted by molar-refractivity contribution is 0.414. The van der Waals surface area contributed by atoms with E-state index in [1.165, 1.54) is 21.9 Å². The van der Waals surface area contributed by atoms with Gasteiger partial charge in [0.25, 0.3) is 0 Å². The maximum absolute atomic E-state index is 5.42. The molecule has 1 heterocycles. The lowest BCUT2D eigenvalue weighted by atomic mass is 9.91. The van der Waals surface area contributed by atoms with E-state index >= 15 is 0 Å². The van der Waals surface area contributed by atoms with Crippen LogP contribution in [0.2, 0.25) is 0 Å². The average molecular weight is 313 g/mol. The topological polar surface area (TPSA) is 21.6 Å². The summed E-state index contributed by atoms with van der Waals surface area (Å²) in [5.41, 5.74) is 3.84. The second kappa shape index (κ2) is 6.32. The number of methoxy groups -OCH3 is 1. The van der Waals surface area contributed by atoms with Crippen molar-refractivity contribution in [2.45, 2.75) is 12.5 Å². The highest BCUT2D eigenvalue weighted by molar-refractivity contribution is 5.67. The number of benzene rings is 3. The number of ether oxygens (including phenoxy) is 1. The minimum absolute atomic E-state index is 0.155. The van der Waals surface area contributed by atoms with Crippen molar-refractivity contribution in [1.82, 2.24) is 0 Å². The van der Waals surface area contributed by atoms with Gasteiger partial charge in [0.2, 0.25) is 0 Å². The molecule has 0 N–H and O–H groups in total. The molecule has 0 fully saturated rings. The summed E-state index contributed by atoms with van der Waals surface area (Å²) in [6.07, 6.45) is 0.897. The minimum Gasteiger partial charge on any atom is -0.497 e. The van der Waals surface area contributed by atoms with Gasteiger partial charge >= 0.3 is 0 Å². The third-order valence-electron chi connectivity index (χ3n) is 4.53. The van der Waals surface area contributed by atoms with Crippen molar-refractivity contribution in [3.05, 3.63) is 101 Å². The zero-order chi connectivity index (χ0) is 16.4. The van der Waals surface area contributed by atoms with Crippen LogP contribution in [0.15, 0.2) is 83.9 Å². The fourth-order valence-corrected chi connectivity index (χ4v) is 3.29. The molecule has 3 aromatic carbocycles. The Morgan fingerprint density at radius 2 is 1.58 bits per heavy atom. The third-order valence-corrected chi connectivity index (χ3v) is 4.53. The van der Waals surface area contributed by atoms with Gasteiger partial charge in [0.1, 0.15) is 5.75 Å². The molecular weight excluding hydrogens is 294 g/mol. The molecule has 0 aliphatic carbocycles. The van der Waals surface area contributed by atoms with E-state index in [-0.39, 0.29) is 6.04 Å². The fraction of sp³-hybridized carbons (Fsp3) is 0.136. The molecule has 118 valence electrons. The quantitative estimate of drug-likeness (QED) is 0.723. The summed E-state index contributed by atoms with van der Waals surface area (Å²) in [4.78, 5) is 4.99. The Bertz CT molecular complexity index is 962. The van der Waals surface area contributed by atoms with Crippen LogP contribution in [-0.4, -0.2) is 7.11 Å². The van der Waals surface area contributed by atoms with Crippen LogP contribution in [-0.2, 0) is 0 Å². The number of fused-ring (bicyclic) bond motifs is 1. The molecule has 24 heavy (non-hydrogen) atoms. The van der Waals surface area contributed by atoms with Crippen LogP contribution < -0.4 is 15.3 Å². The van der Waals surface area contributed by atoms with Crippen molar-refractivity contribution in [2.24, 2.45) is 4.99 Å². The number of rotatable bonds is 3. The van der Waals surface area contributed by atoms with Gasteiger partial charge in [0.15, 0.2) is 0 Å². The van der Waals surface area contributed by atoms with E-state index in [9.17, 15) is 0 Å². The van der Waals surface area contributed by atoms with E-state index in [0.717, 1.165) is 17.5 Å². The largest absolute Gasteiger partial charge is 0.497 e. The number of hydrogen-bond acceptors (Lipinski definition) is 2. The van der Waals surface area contributed by atoms with E-state index in [0.29, 0.717) is 0 Å². The summed E-state index contributed by atoms with van der Waals surface area (Å²) >= 11 is 0. The van der Waals surface area contributed by atoms with Gasteiger partial charge in [-0.15, -0.1) is 0 Å². The van der Waals surface area contributed by atoms with Gasteiger partial charge < -0.3 is 4.74 Å². The Balaban J connectivity index is 1.94. The SMILES string of the molecule is COc1ccc2c(c1)=C(c1ccccc1)CC(c1ccccc1)N=2. The molecule has 4 rings (SSSR count). The zero-order valence-electron chi connectivity index (χ0n) is 13.6. The lowest BCUT2D eigenvalue weighted by Gasteiger charge is -2.20. The first-order valence-corrected chi connectivity index (χ1v) is 8.20. The molecule has 1 unspecified atom stereocenters. The van der Waals surface area contributed by atoms with E-state index in [1.807, 2.05) is 12.1 Å². The van der Waals surface area contributed by atoms with Crippen molar-refractivity contribution < 1.29 is 4.74 Å². The Kier molecular flexibility index (Phi) is 3.87. The second-order valence-corrected chi connectivity index (χ2v) is 5.99. The van der Waals surface area contributed by atoms with Crippen molar-refractivity contribution in [3.63, 3.8) is 0 Å². The van der Waals surface area contributed by atoms with Crippen LogP contribution >= 0.6 is 0 Å². The predicted octanol–water partition coefficient (Wildman–Crippen LogP) is 3.66. The molecule has 1 aliphatic heterocycles. The molecule has 0 radical (unpaired) electrons. The van der Waals surface area contributed by atoms with E-state index < -0.39 is 0 Å². The number of hydrogen-bond donors (Lipinski definition) is 0. The molecule has 1 atom stereocenters. The van der Waals surface area contributed by atoms with Gasteiger partial charge in [-0.1, -0.05) is 60.7 Å². The summed E-state index contributed by atoms with van der Waals surface area (Å²) in [5, 5.41) is 2.21. The van der Waals surface area contributed by atoms with E-state index in [4.69, 9.17) is 9.73 Å². The van der Waals surface area contributed by atoms with Crippen molar-refractivity contribution >= 4 is 5.57 Å². The van der Waals surface area contributed by atoms with Crippen LogP contribution in [0.3, 0.4) is 0 Å². The van der Waals surface area contributed by atoms with Gasteiger partial charge in [-0.05, 0) is 34.9 Å². The van der Waals surface area contributed by atoms with Crippen LogP contribution in [0.4, 0.5) is 0 Å². The smallest absolute Gasteiger partial charge is 0.119 e. The highest BCUT2D eigenvalue weighted by Gasteiger charge is 2.18. The van der Waals surface area contributed by atoms with Gasteiger partial charge in [0, 0.05) is 11.6 Å². The Labute approximate surface area is 141 Å². The van der Waals surface area contributed by atoms with Crippen LogP contribution in [0, 0.1) is 0 Å². The van der Waals surface area contributed by atoms with Crippen LogP contribution in [0.5, 0.6) is 5.75 Å². The molecule has 0 saturated heterocycles. The maximum Gasteiger partial charge on any atom is 0.119 e. The average Bonchev–Trinajstić information content (AvgIpc) is 2.68. The normalized spacial score (nSPS) is 16.2. The van der Waals surface area contributed by atoms with Crippen molar-refractivity contribution in [3.8, 4) is 5.75 Å². The summed E-state index contributed by atoms with van der Waals surface area (Å²) in [5.74, 6) is 0.871. The Morgan fingerprint density at radius 1 is 0.875 bits per heavy atom. The molecule has 0 aromatic heterocycles. The molecular formula is C22H19NO. The highest BCUT2D eigenvalue weighted by Crippen LogP contribution is 2.29. The molecule has 2 nitrogen and oxygen atoms in total. The molecule has 0 saturated carbocycles. The van der Waals surface area contributed by atoms with E-state index in [1.54, 1.807) is 7.11 Å².